The van der Waals surface area contributed by atoms with Crippen LogP contribution in [0.15, 0.2) is 12.2 Å². The lowest BCUT2D eigenvalue weighted by Gasteiger charge is -2.18. The smallest absolute Gasteiger partial charge is 0.0511 e. The first-order valence-electron chi connectivity index (χ1n) is 4.23. The molecule has 0 aliphatic carbocycles. The molecule has 0 spiro atoms. The predicted molar refractivity (Wildman–Crippen MR) is 52.2 cm³/mol. The lowest BCUT2D eigenvalue weighted by molar-refractivity contribution is 1.04. The fourth-order valence-electron chi connectivity index (χ4n) is 1.22. The zero-order valence-corrected chi connectivity index (χ0v) is 8.78. The predicted octanol–water partition coefficient (Wildman–Crippen LogP) is 3.68. The second kappa shape index (κ2) is 4.72. The molecule has 0 N–H and O–H groups in total. The minimum Gasteiger partial charge on any atom is -0.0919 e. The van der Waals surface area contributed by atoms with E-state index in [0.717, 1.165) is 0 Å². The minimum atomic E-state index is -0.811. The molecule has 0 aromatic rings. The highest BCUT2D eigenvalue weighted by Gasteiger charge is 2.16. The Morgan fingerprint density at radius 1 is 1.30 bits per heavy atom. The van der Waals surface area contributed by atoms with Crippen molar-refractivity contribution in [2.24, 2.45) is 0 Å². The van der Waals surface area contributed by atoms with E-state index in [1.54, 1.807) is 0 Å². The standard InChI is InChI=1S/C9H20Si/c1-5-7-9-10(3,4)8-6-2/h5,7H,6,8-9H2,1-4H3. The van der Waals surface area contributed by atoms with Crippen molar-refractivity contribution in [1.82, 2.24) is 0 Å². The van der Waals surface area contributed by atoms with Gasteiger partial charge in [0.05, 0.1) is 8.07 Å². The second-order valence-corrected chi connectivity index (χ2v) is 8.92. The molecule has 0 saturated carbocycles. The van der Waals surface area contributed by atoms with Gasteiger partial charge in [0, 0.05) is 0 Å². The quantitative estimate of drug-likeness (QED) is 0.430. The van der Waals surface area contributed by atoms with Gasteiger partial charge in [-0.3, -0.25) is 0 Å². The Labute approximate surface area is 66.4 Å². The van der Waals surface area contributed by atoms with Crippen LogP contribution in [0.1, 0.15) is 20.3 Å². The highest BCUT2D eigenvalue weighted by atomic mass is 28.3. The molecule has 0 aliphatic rings. The van der Waals surface area contributed by atoms with Gasteiger partial charge in [-0.2, -0.15) is 0 Å². The van der Waals surface area contributed by atoms with Crippen LogP contribution in [0.4, 0.5) is 0 Å². The molecule has 0 atom stereocenters. The minimum absolute atomic E-state index is 0.811. The normalized spacial score (nSPS) is 12.8. The van der Waals surface area contributed by atoms with Crippen LogP contribution in [0, 0.1) is 0 Å². The Balaban J connectivity index is 3.62. The van der Waals surface area contributed by atoms with Gasteiger partial charge in [0.2, 0.25) is 0 Å². The van der Waals surface area contributed by atoms with Gasteiger partial charge in [0.15, 0.2) is 0 Å². The summed E-state index contributed by atoms with van der Waals surface area (Å²) in [6, 6.07) is 2.83. The third kappa shape index (κ3) is 4.80. The van der Waals surface area contributed by atoms with E-state index >= 15 is 0 Å². The maximum atomic E-state index is 2.47. The van der Waals surface area contributed by atoms with E-state index in [9.17, 15) is 0 Å². The molecular formula is C9H20Si. The van der Waals surface area contributed by atoms with Gasteiger partial charge in [0.1, 0.15) is 0 Å². The Kier molecular flexibility index (Phi) is 4.70. The van der Waals surface area contributed by atoms with E-state index < -0.39 is 8.07 Å². The summed E-state index contributed by atoms with van der Waals surface area (Å²) in [4.78, 5) is 0. The third-order valence-electron chi connectivity index (χ3n) is 1.83. The molecule has 0 aliphatic heterocycles. The van der Waals surface area contributed by atoms with Crippen LogP contribution in [0.5, 0.6) is 0 Å². The van der Waals surface area contributed by atoms with Crippen molar-refractivity contribution in [3.63, 3.8) is 0 Å². The fraction of sp³-hybridized carbons (Fsp3) is 0.778. The highest BCUT2D eigenvalue weighted by molar-refractivity contribution is 6.77. The molecule has 0 aromatic carbocycles. The van der Waals surface area contributed by atoms with Gasteiger partial charge in [-0.1, -0.05) is 44.6 Å². The first-order valence-corrected chi connectivity index (χ1v) is 7.65. The van der Waals surface area contributed by atoms with Gasteiger partial charge in [-0.25, -0.2) is 0 Å². The van der Waals surface area contributed by atoms with Crippen molar-refractivity contribution in [3.05, 3.63) is 12.2 Å². The van der Waals surface area contributed by atoms with Gasteiger partial charge in [-0.05, 0) is 13.0 Å². The molecule has 0 radical (unpaired) electrons. The topological polar surface area (TPSA) is 0 Å². The summed E-state index contributed by atoms with van der Waals surface area (Å²) >= 11 is 0. The zero-order chi connectivity index (χ0) is 8.04. The van der Waals surface area contributed by atoms with Gasteiger partial charge < -0.3 is 0 Å². The lowest BCUT2D eigenvalue weighted by Crippen LogP contribution is -2.22. The Morgan fingerprint density at radius 3 is 2.30 bits per heavy atom. The van der Waals surface area contributed by atoms with Crippen molar-refractivity contribution in [3.8, 4) is 0 Å². The Hall–Kier alpha value is -0.0431. The summed E-state index contributed by atoms with van der Waals surface area (Å²) < 4.78 is 0. The summed E-state index contributed by atoms with van der Waals surface area (Å²) in [5.41, 5.74) is 0. The molecule has 0 amide bonds. The number of hydrogen-bond acceptors (Lipinski definition) is 0. The fourth-order valence-corrected chi connectivity index (χ4v) is 3.65. The molecule has 60 valence electrons. The average Bonchev–Trinajstić information content (AvgIpc) is 1.84. The number of hydrogen-bond donors (Lipinski definition) is 0. The molecule has 0 saturated heterocycles. The van der Waals surface area contributed by atoms with Crippen LogP contribution in [0.3, 0.4) is 0 Å². The third-order valence-corrected chi connectivity index (χ3v) is 5.03. The van der Waals surface area contributed by atoms with Gasteiger partial charge in [0.25, 0.3) is 0 Å². The van der Waals surface area contributed by atoms with Crippen molar-refractivity contribution < 1.29 is 0 Å². The Bertz CT molecular complexity index is 103. The van der Waals surface area contributed by atoms with E-state index in [2.05, 4.69) is 39.1 Å². The van der Waals surface area contributed by atoms with Gasteiger partial charge >= 0.3 is 0 Å². The molecule has 1 heteroatoms. The number of allylic oxidation sites excluding steroid dienone is 2. The molecule has 0 nitrogen and oxygen atoms in total. The van der Waals surface area contributed by atoms with Crippen molar-refractivity contribution in [2.75, 3.05) is 0 Å². The van der Waals surface area contributed by atoms with Crippen molar-refractivity contribution in [1.29, 1.82) is 0 Å². The molecule has 10 heavy (non-hydrogen) atoms. The summed E-state index contributed by atoms with van der Waals surface area (Å²) in [7, 11) is -0.811. The molecule has 0 fully saturated rings. The largest absolute Gasteiger partial charge is 0.0919 e. The molecule has 0 aromatic heterocycles. The Morgan fingerprint density at radius 2 is 1.90 bits per heavy atom. The zero-order valence-electron chi connectivity index (χ0n) is 7.78. The van der Waals surface area contributed by atoms with Crippen LogP contribution < -0.4 is 0 Å². The highest BCUT2D eigenvalue weighted by Crippen LogP contribution is 2.17. The van der Waals surface area contributed by atoms with E-state index in [1.807, 2.05) is 0 Å². The van der Waals surface area contributed by atoms with Crippen molar-refractivity contribution in [2.45, 2.75) is 45.5 Å². The maximum Gasteiger partial charge on any atom is 0.0511 e. The van der Waals surface area contributed by atoms with E-state index in [1.165, 1.54) is 18.5 Å². The first kappa shape index (κ1) is 9.96. The summed E-state index contributed by atoms with van der Waals surface area (Å²) in [5, 5.41) is 0. The van der Waals surface area contributed by atoms with Crippen molar-refractivity contribution >= 4 is 8.07 Å². The summed E-state index contributed by atoms with van der Waals surface area (Å²) in [5.74, 6) is 0. The van der Waals surface area contributed by atoms with Crippen LogP contribution in [0.2, 0.25) is 25.2 Å². The maximum absolute atomic E-state index is 2.47. The monoisotopic (exact) mass is 156 g/mol. The molecule has 0 rings (SSSR count). The first-order chi connectivity index (χ1) is 4.62. The number of rotatable bonds is 4. The average molecular weight is 156 g/mol. The molecule has 0 heterocycles. The molecule has 0 unspecified atom stereocenters. The van der Waals surface area contributed by atoms with Gasteiger partial charge in [-0.15, -0.1) is 0 Å². The van der Waals surface area contributed by atoms with Crippen LogP contribution in [0.25, 0.3) is 0 Å². The van der Waals surface area contributed by atoms with E-state index in [-0.39, 0.29) is 0 Å². The lowest BCUT2D eigenvalue weighted by atomic mass is 10.6. The van der Waals surface area contributed by atoms with Crippen LogP contribution in [-0.4, -0.2) is 8.07 Å². The van der Waals surface area contributed by atoms with Crippen LogP contribution >= 0.6 is 0 Å². The molecule has 0 bridgehead atoms. The molecular weight excluding hydrogens is 136 g/mol. The van der Waals surface area contributed by atoms with E-state index in [0.29, 0.717) is 0 Å². The summed E-state index contributed by atoms with van der Waals surface area (Å²) in [6.07, 6.45) is 5.85. The van der Waals surface area contributed by atoms with Crippen LogP contribution in [-0.2, 0) is 0 Å². The second-order valence-electron chi connectivity index (χ2n) is 3.69. The van der Waals surface area contributed by atoms with E-state index in [4.69, 9.17) is 0 Å². The SMILES string of the molecule is CC=CC[Si](C)(C)CCC. The summed E-state index contributed by atoms with van der Waals surface area (Å²) in [6.45, 7) is 9.33.